The molecule has 0 fully saturated rings. The van der Waals surface area contributed by atoms with Gasteiger partial charge in [0.05, 0.1) is 5.69 Å². The van der Waals surface area contributed by atoms with E-state index in [2.05, 4.69) is 4.98 Å². The van der Waals surface area contributed by atoms with E-state index in [1.165, 1.54) is 0 Å². The van der Waals surface area contributed by atoms with Gasteiger partial charge in [-0.1, -0.05) is 23.7 Å². The van der Waals surface area contributed by atoms with Crippen molar-refractivity contribution in [3.8, 4) is 11.3 Å². The van der Waals surface area contributed by atoms with Crippen LogP contribution in [0.5, 0.6) is 0 Å². The van der Waals surface area contributed by atoms with Gasteiger partial charge >= 0.3 is 0 Å². The Hall–Kier alpha value is -1.84. The molecule has 0 amide bonds. The van der Waals surface area contributed by atoms with Gasteiger partial charge in [0.2, 0.25) is 0 Å². The van der Waals surface area contributed by atoms with Gasteiger partial charge in [-0.25, -0.2) is 4.98 Å². The van der Waals surface area contributed by atoms with Crippen molar-refractivity contribution >= 4 is 17.2 Å². The van der Waals surface area contributed by atoms with Gasteiger partial charge in [-0.3, -0.25) is 0 Å². The summed E-state index contributed by atoms with van der Waals surface area (Å²) < 4.78 is 2.00. The van der Waals surface area contributed by atoms with Crippen LogP contribution in [0.4, 0.5) is 0 Å². The lowest BCUT2D eigenvalue weighted by Gasteiger charge is -2.00. The molecule has 0 radical (unpaired) electrons. The normalized spacial score (nSPS) is 11.1. The second-order valence-electron chi connectivity index (χ2n) is 4.56. The Bertz CT molecular complexity index is 746. The molecule has 2 N–H and O–H groups in total. The number of nitrogens with zero attached hydrogens (tertiary/aromatic N) is 2. The molecular weight excluding hydrogens is 258 g/mol. The molecule has 0 saturated carbocycles. The number of rotatable bonds is 2. The summed E-state index contributed by atoms with van der Waals surface area (Å²) in [4.78, 5) is 4.66. The van der Waals surface area contributed by atoms with Crippen molar-refractivity contribution in [2.24, 2.45) is 5.73 Å². The van der Waals surface area contributed by atoms with Crippen molar-refractivity contribution in [2.75, 3.05) is 0 Å². The molecule has 0 aliphatic carbocycles. The van der Waals surface area contributed by atoms with Gasteiger partial charge in [-0.2, -0.15) is 0 Å². The number of fused-ring (bicyclic) bond motifs is 1. The number of halogens is 1. The minimum Gasteiger partial charge on any atom is -0.326 e. The van der Waals surface area contributed by atoms with E-state index >= 15 is 0 Å². The Morgan fingerprint density at radius 1 is 1.32 bits per heavy atom. The first-order valence-corrected chi connectivity index (χ1v) is 6.50. The third-order valence-electron chi connectivity index (χ3n) is 3.24. The highest BCUT2D eigenvalue weighted by atomic mass is 35.5. The van der Waals surface area contributed by atoms with Gasteiger partial charge < -0.3 is 10.1 Å². The fraction of sp³-hybridized carbons (Fsp3) is 0.133. The van der Waals surface area contributed by atoms with Crippen LogP contribution in [-0.4, -0.2) is 9.38 Å². The highest BCUT2D eigenvalue weighted by Crippen LogP contribution is 2.25. The summed E-state index contributed by atoms with van der Waals surface area (Å²) in [6.45, 7) is 2.48. The Balaban J connectivity index is 2.17. The molecule has 0 bridgehead atoms. The van der Waals surface area contributed by atoms with Gasteiger partial charge in [0.25, 0.3) is 0 Å². The summed E-state index contributed by atoms with van der Waals surface area (Å²) in [5.41, 5.74) is 10.7. The number of imidazole rings is 1. The average Bonchev–Trinajstić information content (AvgIpc) is 2.85. The molecule has 2 aromatic heterocycles. The van der Waals surface area contributed by atoms with Crippen molar-refractivity contribution in [1.29, 1.82) is 0 Å². The highest BCUT2D eigenvalue weighted by Gasteiger charge is 2.08. The third kappa shape index (κ3) is 2.11. The number of hydrogen-bond donors (Lipinski definition) is 1. The molecule has 0 unspecified atom stereocenters. The lowest BCUT2D eigenvalue weighted by molar-refractivity contribution is 1.04. The molecule has 3 aromatic rings. The zero-order valence-corrected chi connectivity index (χ0v) is 11.4. The minimum atomic E-state index is 0.487. The second-order valence-corrected chi connectivity index (χ2v) is 4.97. The van der Waals surface area contributed by atoms with Crippen LogP contribution in [0, 0.1) is 6.92 Å². The molecule has 4 heteroatoms. The molecule has 0 spiro atoms. The summed E-state index contributed by atoms with van der Waals surface area (Å²) in [6, 6.07) is 9.92. The molecule has 2 heterocycles. The van der Waals surface area contributed by atoms with E-state index in [1.807, 2.05) is 54.0 Å². The zero-order chi connectivity index (χ0) is 13.4. The molecule has 0 saturated heterocycles. The largest absolute Gasteiger partial charge is 0.326 e. The molecule has 96 valence electrons. The summed E-state index contributed by atoms with van der Waals surface area (Å²) in [5, 5.41) is 0.773. The molecule has 0 aliphatic heterocycles. The minimum absolute atomic E-state index is 0.487. The van der Waals surface area contributed by atoms with Gasteiger partial charge in [0.15, 0.2) is 0 Å². The lowest BCUT2D eigenvalue weighted by Crippen LogP contribution is -1.99. The van der Waals surface area contributed by atoms with Crippen LogP contribution in [0.15, 0.2) is 42.7 Å². The van der Waals surface area contributed by atoms with Crippen molar-refractivity contribution < 1.29 is 0 Å². The van der Waals surface area contributed by atoms with Crippen molar-refractivity contribution in [3.05, 3.63) is 58.9 Å². The zero-order valence-electron chi connectivity index (χ0n) is 10.6. The average molecular weight is 272 g/mol. The van der Waals surface area contributed by atoms with Gasteiger partial charge in [0.1, 0.15) is 5.65 Å². The monoisotopic (exact) mass is 271 g/mol. The van der Waals surface area contributed by atoms with Crippen LogP contribution >= 0.6 is 11.6 Å². The maximum atomic E-state index is 6.05. The Labute approximate surface area is 116 Å². The third-order valence-corrected chi connectivity index (χ3v) is 3.66. The van der Waals surface area contributed by atoms with Gasteiger partial charge in [-0.15, -0.1) is 0 Å². The van der Waals surface area contributed by atoms with Crippen LogP contribution in [-0.2, 0) is 6.54 Å². The summed E-state index contributed by atoms with van der Waals surface area (Å²) in [6.07, 6.45) is 3.99. The van der Waals surface area contributed by atoms with E-state index in [-0.39, 0.29) is 0 Å². The topological polar surface area (TPSA) is 43.3 Å². The number of aromatic nitrogens is 2. The summed E-state index contributed by atoms with van der Waals surface area (Å²) >= 11 is 6.05. The standard InChI is InChI=1S/C15H14ClN3/c1-10-7-11(4-5-13(10)16)14-9-19-6-2-3-12(8-17)15(19)18-14/h2-7,9H,8,17H2,1H3. The predicted octanol–water partition coefficient (Wildman–Crippen LogP) is 3.42. The fourth-order valence-corrected chi connectivity index (χ4v) is 2.29. The molecule has 3 rings (SSSR count). The number of pyridine rings is 1. The fourth-order valence-electron chi connectivity index (χ4n) is 2.17. The molecule has 1 aromatic carbocycles. The molecule has 0 aliphatic rings. The van der Waals surface area contributed by atoms with Gasteiger partial charge in [0, 0.05) is 35.1 Å². The van der Waals surface area contributed by atoms with Crippen molar-refractivity contribution in [2.45, 2.75) is 13.5 Å². The van der Waals surface area contributed by atoms with E-state index in [9.17, 15) is 0 Å². The van der Waals surface area contributed by atoms with E-state index in [0.29, 0.717) is 6.54 Å². The first-order chi connectivity index (χ1) is 9.19. The predicted molar refractivity (Wildman–Crippen MR) is 78.3 cm³/mol. The lowest BCUT2D eigenvalue weighted by atomic mass is 10.1. The van der Waals surface area contributed by atoms with E-state index in [4.69, 9.17) is 17.3 Å². The van der Waals surface area contributed by atoms with Crippen molar-refractivity contribution in [3.63, 3.8) is 0 Å². The molecule has 0 atom stereocenters. The van der Waals surface area contributed by atoms with Crippen LogP contribution in [0.1, 0.15) is 11.1 Å². The van der Waals surface area contributed by atoms with Crippen LogP contribution < -0.4 is 5.73 Å². The number of nitrogens with two attached hydrogens (primary N) is 1. The number of hydrogen-bond acceptors (Lipinski definition) is 2. The second kappa shape index (κ2) is 4.68. The van der Waals surface area contributed by atoms with E-state index in [0.717, 1.165) is 33.1 Å². The molecule has 19 heavy (non-hydrogen) atoms. The van der Waals surface area contributed by atoms with Crippen molar-refractivity contribution in [1.82, 2.24) is 9.38 Å². The summed E-state index contributed by atoms with van der Waals surface area (Å²) in [7, 11) is 0. The number of aryl methyl sites for hydroxylation is 1. The number of benzene rings is 1. The van der Waals surface area contributed by atoms with E-state index < -0.39 is 0 Å². The van der Waals surface area contributed by atoms with Gasteiger partial charge in [-0.05, 0) is 30.7 Å². The summed E-state index contributed by atoms with van der Waals surface area (Å²) in [5.74, 6) is 0. The van der Waals surface area contributed by atoms with E-state index in [1.54, 1.807) is 0 Å². The Morgan fingerprint density at radius 2 is 2.16 bits per heavy atom. The molecule has 3 nitrogen and oxygen atoms in total. The smallest absolute Gasteiger partial charge is 0.141 e. The van der Waals surface area contributed by atoms with Crippen LogP contribution in [0.3, 0.4) is 0 Å². The maximum absolute atomic E-state index is 6.05. The first kappa shape index (κ1) is 12.2. The quantitative estimate of drug-likeness (QED) is 0.776. The Kier molecular flexibility index (Phi) is 3.01. The Morgan fingerprint density at radius 3 is 2.89 bits per heavy atom. The molecular formula is C15H14ClN3. The maximum Gasteiger partial charge on any atom is 0.141 e. The highest BCUT2D eigenvalue weighted by molar-refractivity contribution is 6.31. The SMILES string of the molecule is Cc1cc(-c2cn3cccc(CN)c3n2)ccc1Cl. The van der Waals surface area contributed by atoms with Crippen LogP contribution in [0.2, 0.25) is 5.02 Å². The first-order valence-electron chi connectivity index (χ1n) is 6.12. The van der Waals surface area contributed by atoms with Crippen LogP contribution in [0.25, 0.3) is 16.9 Å².